The van der Waals surface area contributed by atoms with Gasteiger partial charge in [-0.1, -0.05) is 6.07 Å². The van der Waals surface area contributed by atoms with E-state index in [1.807, 2.05) is 19.1 Å². The van der Waals surface area contributed by atoms with Crippen LogP contribution in [-0.4, -0.2) is 23.1 Å². The van der Waals surface area contributed by atoms with Gasteiger partial charge in [0, 0.05) is 18.5 Å². The standard InChI is InChI=1S/C14H16N4O2/c1-10(11-4-3-7-15-8-11)17-14(19)18-12-5-6-13(20-2)16-9-12/h3-10H,1-2H3,(H2,17,18,19)/t10-/m1/s1. The summed E-state index contributed by atoms with van der Waals surface area (Å²) in [6.45, 7) is 1.89. The Morgan fingerprint density at radius 1 is 1.30 bits per heavy atom. The first-order chi connectivity index (χ1) is 9.69. The number of nitrogens with zero attached hydrogens (tertiary/aromatic N) is 2. The maximum Gasteiger partial charge on any atom is 0.319 e. The number of carbonyl (C=O) groups excluding carboxylic acids is 1. The smallest absolute Gasteiger partial charge is 0.319 e. The number of anilines is 1. The predicted molar refractivity (Wildman–Crippen MR) is 75.6 cm³/mol. The number of methoxy groups -OCH3 is 1. The van der Waals surface area contributed by atoms with Crippen LogP contribution in [0.1, 0.15) is 18.5 Å². The van der Waals surface area contributed by atoms with Crippen molar-refractivity contribution in [2.45, 2.75) is 13.0 Å². The zero-order valence-corrected chi connectivity index (χ0v) is 11.3. The lowest BCUT2D eigenvalue weighted by atomic mass is 10.1. The van der Waals surface area contributed by atoms with Gasteiger partial charge in [0.05, 0.1) is 25.0 Å². The molecule has 0 saturated carbocycles. The van der Waals surface area contributed by atoms with Crippen LogP contribution in [0.5, 0.6) is 5.88 Å². The van der Waals surface area contributed by atoms with E-state index in [4.69, 9.17) is 4.74 Å². The van der Waals surface area contributed by atoms with Crippen LogP contribution in [0.15, 0.2) is 42.9 Å². The van der Waals surface area contributed by atoms with Crippen LogP contribution in [0, 0.1) is 0 Å². The van der Waals surface area contributed by atoms with E-state index in [2.05, 4.69) is 20.6 Å². The molecular weight excluding hydrogens is 256 g/mol. The van der Waals surface area contributed by atoms with Crippen LogP contribution < -0.4 is 15.4 Å². The van der Waals surface area contributed by atoms with Crippen molar-refractivity contribution in [2.75, 3.05) is 12.4 Å². The van der Waals surface area contributed by atoms with E-state index in [1.165, 1.54) is 13.3 Å². The molecule has 2 N–H and O–H groups in total. The fourth-order valence-corrected chi connectivity index (χ4v) is 1.65. The number of pyridine rings is 2. The number of urea groups is 1. The quantitative estimate of drug-likeness (QED) is 0.895. The van der Waals surface area contributed by atoms with Gasteiger partial charge in [-0.2, -0.15) is 0 Å². The largest absolute Gasteiger partial charge is 0.481 e. The van der Waals surface area contributed by atoms with Crippen molar-refractivity contribution in [1.82, 2.24) is 15.3 Å². The second-order valence-corrected chi connectivity index (χ2v) is 4.20. The summed E-state index contributed by atoms with van der Waals surface area (Å²) in [5.74, 6) is 0.500. The lowest BCUT2D eigenvalue weighted by molar-refractivity contribution is 0.249. The van der Waals surface area contributed by atoms with Gasteiger partial charge in [-0.05, 0) is 24.6 Å². The second kappa shape index (κ2) is 6.51. The number of hydrogen-bond acceptors (Lipinski definition) is 4. The number of ether oxygens (including phenoxy) is 1. The minimum Gasteiger partial charge on any atom is -0.481 e. The Hall–Kier alpha value is -2.63. The van der Waals surface area contributed by atoms with E-state index < -0.39 is 0 Å². The molecule has 20 heavy (non-hydrogen) atoms. The normalized spacial score (nSPS) is 11.5. The SMILES string of the molecule is COc1ccc(NC(=O)N[C@H](C)c2cccnc2)cn1. The molecular formula is C14H16N4O2. The third-order valence-corrected chi connectivity index (χ3v) is 2.74. The van der Waals surface area contributed by atoms with Gasteiger partial charge in [0.25, 0.3) is 0 Å². The highest BCUT2D eigenvalue weighted by molar-refractivity contribution is 5.89. The molecule has 0 bridgehead atoms. The molecule has 0 fully saturated rings. The van der Waals surface area contributed by atoms with Crippen molar-refractivity contribution in [3.63, 3.8) is 0 Å². The van der Waals surface area contributed by atoms with Gasteiger partial charge in [-0.3, -0.25) is 4.98 Å². The first kappa shape index (κ1) is 13.8. The molecule has 0 aliphatic carbocycles. The van der Waals surface area contributed by atoms with Gasteiger partial charge in [0.15, 0.2) is 0 Å². The number of hydrogen-bond donors (Lipinski definition) is 2. The summed E-state index contributed by atoms with van der Waals surface area (Å²) in [5, 5.41) is 5.53. The number of amides is 2. The topological polar surface area (TPSA) is 76.1 Å². The number of carbonyl (C=O) groups is 1. The van der Waals surface area contributed by atoms with Gasteiger partial charge >= 0.3 is 6.03 Å². The minimum absolute atomic E-state index is 0.130. The van der Waals surface area contributed by atoms with Crippen LogP contribution in [-0.2, 0) is 0 Å². The summed E-state index contributed by atoms with van der Waals surface area (Å²) >= 11 is 0. The van der Waals surface area contributed by atoms with E-state index >= 15 is 0 Å². The van der Waals surface area contributed by atoms with Gasteiger partial charge in [-0.25, -0.2) is 9.78 Å². The fourth-order valence-electron chi connectivity index (χ4n) is 1.65. The van der Waals surface area contributed by atoms with Gasteiger partial charge in [0.2, 0.25) is 5.88 Å². The summed E-state index contributed by atoms with van der Waals surface area (Å²) in [6.07, 6.45) is 4.95. The van der Waals surface area contributed by atoms with Gasteiger partial charge in [-0.15, -0.1) is 0 Å². The highest BCUT2D eigenvalue weighted by atomic mass is 16.5. The Bertz CT molecular complexity index is 557. The molecule has 2 aromatic rings. The molecule has 1 atom stereocenters. The Morgan fingerprint density at radius 3 is 2.75 bits per heavy atom. The lowest BCUT2D eigenvalue weighted by Crippen LogP contribution is -2.31. The molecule has 2 rings (SSSR count). The number of nitrogens with one attached hydrogen (secondary N) is 2. The number of aromatic nitrogens is 2. The second-order valence-electron chi connectivity index (χ2n) is 4.20. The summed E-state index contributed by atoms with van der Waals surface area (Å²) < 4.78 is 4.95. The molecule has 6 heteroatoms. The minimum atomic E-state index is -0.298. The molecule has 2 amide bonds. The van der Waals surface area contributed by atoms with Gasteiger partial charge < -0.3 is 15.4 Å². The average molecular weight is 272 g/mol. The first-order valence-corrected chi connectivity index (χ1v) is 6.16. The maximum atomic E-state index is 11.8. The Balaban J connectivity index is 1.91. The molecule has 0 radical (unpaired) electrons. The van der Waals surface area contributed by atoms with Crippen LogP contribution in [0.3, 0.4) is 0 Å². The zero-order valence-electron chi connectivity index (χ0n) is 11.3. The monoisotopic (exact) mass is 272 g/mol. The van der Waals surface area contributed by atoms with Crippen molar-refractivity contribution in [3.8, 4) is 5.88 Å². The fraction of sp³-hybridized carbons (Fsp3) is 0.214. The summed E-state index contributed by atoms with van der Waals surface area (Å²) in [6, 6.07) is 6.72. The van der Waals surface area contributed by atoms with Crippen molar-refractivity contribution in [3.05, 3.63) is 48.4 Å². The third kappa shape index (κ3) is 3.68. The van der Waals surface area contributed by atoms with Crippen molar-refractivity contribution in [1.29, 1.82) is 0 Å². The summed E-state index contributed by atoms with van der Waals surface area (Å²) in [5.41, 5.74) is 1.54. The summed E-state index contributed by atoms with van der Waals surface area (Å²) in [4.78, 5) is 19.9. The molecule has 0 saturated heterocycles. The molecule has 6 nitrogen and oxygen atoms in total. The van der Waals surface area contributed by atoms with E-state index in [-0.39, 0.29) is 12.1 Å². The van der Waals surface area contributed by atoms with Crippen molar-refractivity contribution in [2.24, 2.45) is 0 Å². The predicted octanol–water partition coefficient (Wildman–Crippen LogP) is 2.37. The summed E-state index contributed by atoms with van der Waals surface area (Å²) in [7, 11) is 1.54. The highest BCUT2D eigenvalue weighted by Gasteiger charge is 2.09. The maximum absolute atomic E-state index is 11.8. The van der Waals surface area contributed by atoms with Crippen LogP contribution in [0.4, 0.5) is 10.5 Å². The molecule has 0 spiro atoms. The molecule has 2 aromatic heterocycles. The Labute approximate surface area is 117 Å². The van der Waals surface area contributed by atoms with E-state index in [0.29, 0.717) is 11.6 Å². The van der Waals surface area contributed by atoms with Crippen molar-refractivity contribution < 1.29 is 9.53 Å². The van der Waals surface area contributed by atoms with Crippen LogP contribution in [0.25, 0.3) is 0 Å². The first-order valence-electron chi connectivity index (χ1n) is 6.16. The van der Waals surface area contributed by atoms with Gasteiger partial charge in [0.1, 0.15) is 0 Å². The van der Waals surface area contributed by atoms with Crippen LogP contribution >= 0.6 is 0 Å². The molecule has 2 heterocycles. The zero-order chi connectivity index (χ0) is 14.4. The van der Waals surface area contributed by atoms with Crippen LogP contribution in [0.2, 0.25) is 0 Å². The highest BCUT2D eigenvalue weighted by Crippen LogP contribution is 2.12. The Morgan fingerprint density at radius 2 is 2.15 bits per heavy atom. The Kier molecular flexibility index (Phi) is 4.49. The lowest BCUT2D eigenvalue weighted by Gasteiger charge is -2.14. The average Bonchev–Trinajstić information content (AvgIpc) is 2.49. The van der Waals surface area contributed by atoms with E-state index in [1.54, 1.807) is 24.5 Å². The van der Waals surface area contributed by atoms with E-state index in [0.717, 1.165) is 5.56 Å². The molecule has 0 unspecified atom stereocenters. The molecule has 0 aliphatic heterocycles. The molecule has 0 aromatic carbocycles. The number of rotatable bonds is 4. The third-order valence-electron chi connectivity index (χ3n) is 2.74. The molecule has 0 aliphatic rings. The van der Waals surface area contributed by atoms with E-state index in [9.17, 15) is 4.79 Å². The van der Waals surface area contributed by atoms with Crippen molar-refractivity contribution >= 4 is 11.7 Å². The molecule has 104 valence electrons.